The van der Waals surface area contributed by atoms with E-state index in [4.69, 9.17) is 9.47 Å². The Kier molecular flexibility index (Phi) is 10.5. The maximum absolute atomic E-state index is 12.1. The van der Waals surface area contributed by atoms with Gasteiger partial charge in [-0.3, -0.25) is 9.79 Å². The summed E-state index contributed by atoms with van der Waals surface area (Å²) in [7, 11) is 3.40. The summed E-state index contributed by atoms with van der Waals surface area (Å²) in [4.78, 5) is 16.5. The Morgan fingerprint density at radius 1 is 1.09 bits per heavy atom. The number of anilines is 1. The minimum atomic E-state index is -0.00930. The van der Waals surface area contributed by atoms with E-state index in [9.17, 15) is 4.79 Å². The molecule has 1 amide bonds. The highest BCUT2D eigenvalue weighted by molar-refractivity contribution is 5.92. The lowest BCUT2D eigenvalue weighted by molar-refractivity contribution is -0.119. The number of carbonyl (C=O) groups excluding carboxylic acids is 1. The SMILES string of the molecule is CCC(C)C(=O)Nc1cccc(CNC(=NC)NCc2ccc(C)cc2OCCOC)c1. The number of ether oxygens (including phenoxy) is 2. The number of nitrogens with one attached hydrogen (secondary N) is 3. The van der Waals surface area contributed by atoms with E-state index in [0.29, 0.717) is 32.3 Å². The fraction of sp³-hybridized carbons (Fsp3) is 0.440. The summed E-state index contributed by atoms with van der Waals surface area (Å²) in [6, 6.07) is 14.0. The molecule has 0 radical (unpaired) electrons. The Bertz CT molecular complexity index is 899. The molecule has 0 saturated carbocycles. The molecule has 1 atom stereocenters. The Morgan fingerprint density at radius 3 is 2.59 bits per heavy atom. The molecule has 174 valence electrons. The second kappa shape index (κ2) is 13.4. The monoisotopic (exact) mass is 440 g/mol. The largest absolute Gasteiger partial charge is 0.491 e. The van der Waals surface area contributed by atoms with Gasteiger partial charge < -0.3 is 25.4 Å². The first-order chi connectivity index (χ1) is 15.5. The molecular formula is C25H36N4O3. The van der Waals surface area contributed by atoms with Crippen molar-refractivity contribution in [3.8, 4) is 5.75 Å². The summed E-state index contributed by atoms with van der Waals surface area (Å²) in [5.74, 6) is 1.55. The third kappa shape index (κ3) is 8.23. The number of aliphatic imine (C=N–C) groups is 1. The molecule has 7 nitrogen and oxygen atoms in total. The van der Waals surface area contributed by atoms with Crippen molar-refractivity contribution in [2.45, 2.75) is 40.3 Å². The number of methoxy groups -OCH3 is 1. The predicted octanol–water partition coefficient (Wildman–Crippen LogP) is 3.87. The molecule has 7 heteroatoms. The van der Waals surface area contributed by atoms with E-state index < -0.39 is 0 Å². The van der Waals surface area contributed by atoms with Crippen LogP contribution in [0.5, 0.6) is 5.75 Å². The van der Waals surface area contributed by atoms with Gasteiger partial charge in [0.1, 0.15) is 12.4 Å². The maximum Gasteiger partial charge on any atom is 0.227 e. The fourth-order valence-corrected chi connectivity index (χ4v) is 2.97. The van der Waals surface area contributed by atoms with Gasteiger partial charge in [-0.25, -0.2) is 0 Å². The average molecular weight is 441 g/mol. The zero-order valence-corrected chi connectivity index (χ0v) is 19.8. The van der Waals surface area contributed by atoms with Gasteiger partial charge in [-0.1, -0.05) is 38.1 Å². The quantitative estimate of drug-likeness (QED) is 0.281. The first kappa shape index (κ1) is 25.2. The molecule has 0 aliphatic heterocycles. The minimum Gasteiger partial charge on any atom is -0.491 e. The van der Waals surface area contributed by atoms with E-state index in [0.717, 1.165) is 34.5 Å². The van der Waals surface area contributed by atoms with Crippen LogP contribution in [0.25, 0.3) is 0 Å². The van der Waals surface area contributed by atoms with Crippen molar-refractivity contribution in [2.24, 2.45) is 10.9 Å². The third-order valence-electron chi connectivity index (χ3n) is 5.15. The van der Waals surface area contributed by atoms with Gasteiger partial charge in [0.15, 0.2) is 5.96 Å². The summed E-state index contributed by atoms with van der Waals surface area (Å²) < 4.78 is 10.9. The highest BCUT2D eigenvalue weighted by atomic mass is 16.5. The number of guanidine groups is 1. The highest BCUT2D eigenvalue weighted by Gasteiger charge is 2.11. The molecule has 2 rings (SSSR count). The van der Waals surface area contributed by atoms with Crippen molar-refractivity contribution in [1.82, 2.24) is 10.6 Å². The lowest BCUT2D eigenvalue weighted by Gasteiger charge is -2.16. The molecule has 0 aromatic heterocycles. The van der Waals surface area contributed by atoms with Crippen LogP contribution in [0.2, 0.25) is 0 Å². The molecule has 1 unspecified atom stereocenters. The van der Waals surface area contributed by atoms with Crippen molar-refractivity contribution in [3.05, 3.63) is 59.2 Å². The molecule has 3 N–H and O–H groups in total. The number of hydrogen-bond acceptors (Lipinski definition) is 4. The van der Waals surface area contributed by atoms with E-state index in [1.807, 2.05) is 51.1 Å². The van der Waals surface area contributed by atoms with Gasteiger partial charge in [0.25, 0.3) is 0 Å². The van der Waals surface area contributed by atoms with E-state index in [2.05, 4.69) is 33.1 Å². The Morgan fingerprint density at radius 2 is 1.88 bits per heavy atom. The third-order valence-corrected chi connectivity index (χ3v) is 5.15. The standard InChI is InChI=1S/C25H36N4O3/c1-6-19(3)24(30)29-22-9-7-8-20(15-22)16-27-25(26-4)28-17-21-11-10-18(2)14-23(21)32-13-12-31-5/h7-11,14-15,19H,6,12-13,16-17H2,1-5H3,(H,29,30)(H2,26,27,28). The average Bonchev–Trinajstić information content (AvgIpc) is 2.80. The topological polar surface area (TPSA) is 84.0 Å². The van der Waals surface area contributed by atoms with Crippen LogP contribution >= 0.6 is 0 Å². The van der Waals surface area contributed by atoms with Gasteiger partial charge in [-0.2, -0.15) is 0 Å². The lowest BCUT2D eigenvalue weighted by Crippen LogP contribution is -2.36. The molecule has 0 heterocycles. The smallest absolute Gasteiger partial charge is 0.227 e. The van der Waals surface area contributed by atoms with Crippen LogP contribution in [0, 0.1) is 12.8 Å². The second-order valence-electron chi connectivity index (χ2n) is 7.73. The summed E-state index contributed by atoms with van der Waals surface area (Å²) >= 11 is 0. The van der Waals surface area contributed by atoms with Gasteiger partial charge in [0.2, 0.25) is 5.91 Å². The number of nitrogens with zero attached hydrogens (tertiary/aromatic N) is 1. The molecule has 0 aliphatic rings. The molecule has 0 fully saturated rings. The van der Waals surface area contributed by atoms with Crippen molar-refractivity contribution in [1.29, 1.82) is 0 Å². The zero-order valence-electron chi connectivity index (χ0n) is 19.8. The maximum atomic E-state index is 12.1. The zero-order chi connectivity index (χ0) is 23.3. The molecule has 0 saturated heterocycles. The van der Waals surface area contributed by atoms with E-state index >= 15 is 0 Å². The van der Waals surface area contributed by atoms with Gasteiger partial charge in [-0.15, -0.1) is 0 Å². The Balaban J connectivity index is 1.93. The van der Waals surface area contributed by atoms with Crippen LogP contribution in [-0.4, -0.2) is 39.2 Å². The van der Waals surface area contributed by atoms with Crippen molar-refractivity contribution in [3.63, 3.8) is 0 Å². The number of aryl methyl sites for hydroxylation is 1. The van der Waals surface area contributed by atoms with Gasteiger partial charge in [0.05, 0.1) is 6.61 Å². The Labute approximate surface area is 191 Å². The van der Waals surface area contributed by atoms with Gasteiger partial charge in [0, 0.05) is 44.4 Å². The molecule has 0 aliphatic carbocycles. The Hall–Kier alpha value is -3.06. The molecule has 0 spiro atoms. The highest BCUT2D eigenvalue weighted by Crippen LogP contribution is 2.20. The van der Waals surface area contributed by atoms with Crippen LogP contribution in [0.15, 0.2) is 47.5 Å². The first-order valence-electron chi connectivity index (χ1n) is 11.0. The van der Waals surface area contributed by atoms with Crippen LogP contribution in [0.1, 0.15) is 37.0 Å². The molecule has 2 aromatic rings. The van der Waals surface area contributed by atoms with Crippen molar-refractivity contribution < 1.29 is 14.3 Å². The van der Waals surface area contributed by atoms with Gasteiger partial charge >= 0.3 is 0 Å². The summed E-state index contributed by atoms with van der Waals surface area (Å²) in [5.41, 5.74) is 4.04. The second-order valence-corrected chi connectivity index (χ2v) is 7.73. The van der Waals surface area contributed by atoms with Crippen molar-refractivity contribution in [2.75, 3.05) is 32.7 Å². The molecule has 0 bridgehead atoms. The minimum absolute atomic E-state index is 0.00930. The van der Waals surface area contributed by atoms with Crippen molar-refractivity contribution >= 4 is 17.6 Å². The first-order valence-corrected chi connectivity index (χ1v) is 11.0. The number of rotatable bonds is 11. The predicted molar refractivity (Wildman–Crippen MR) is 130 cm³/mol. The fourth-order valence-electron chi connectivity index (χ4n) is 2.97. The van der Waals surface area contributed by atoms with E-state index in [1.165, 1.54) is 0 Å². The summed E-state index contributed by atoms with van der Waals surface area (Å²) in [6.45, 7) is 8.18. The van der Waals surface area contributed by atoms with Crippen LogP contribution in [0.4, 0.5) is 5.69 Å². The lowest BCUT2D eigenvalue weighted by atomic mass is 10.1. The number of benzene rings is 2. The summed E-state index contributed by atoms with van der Waals surface area (Å²) in [6.07, 6.45) is 0.815. The van der Waals surface area contributed by atoms with Crippen LogP contribution in [0.3, 0.4) is 0 Å². The van der Waals surface area contributed by atoms with Crippen LogP contribution in [-0.2, 0) is 22.6 Å². The van der Waals surface area contributed by atoms with Crippen LogP contribution < -0.4 is 20.7 Å². The summed E-state index contributed by atoms with van der Waals surface area (Å²) in [5, 5.41) is 9.63. The molecular weight excluding hydrogens is 404 g/mol. The normalized spacial score (nSPS) is 12.2. The van der Waals surface area contributed by atoms with E-state index in [1.54, 1.807) is 14.2 Å². The number of carbonyl (C=O) groups is 1. The molecule has 2 aromatic carbocycles. The number of amides is 1. The molecule has 32 heavy (non-hydrogen) atoms. The number of hydrogen-bond donors (Lipinski definition) is 3. The van der Waals surface area contributed by atoms with E-state index in [-0.39, 0.29) is 11.8 Å². The van der Waals surface area contributed by atoms with Gasteiger partial charge in [-0.05, 0) is 42.7 Å².